The number of carbonyl (C=O) groups is 2. The molecule has 2 rings (SSSR count). The van der Waals surface area contributed by atoms with E-state index in [1.807, 2.05) is 19.2 Å². The number of rotatable bonds is 11. The van der Waals surface area contributed by atoms with E-state index < -0.39 is 17.5 Å². The van der Waals surface area contributed by atoms with E-state index in [2.05, 4.69) is 19.1 Å². The number of hydrogen-bond acceptors (Lipinski definition) is 7. The number of methoxy groups -OCH3 is 2. The zero-order chi connectivity index (χ0) is 23.7. The van der Waals surface area contributed by atoms with Crippen LogP contribution in [0.5, 0.6) is 5.75 Å². The maximum atomic E-state index is 12.0. The fourth-order valence-electron chi connectivity index (χ4n) is 3.27. The van der Waals surface area contributed by atoms with Crippen LogP contribution in [0.4, 0.5) is 0 Å². The van der Waals surface area contributed by atoms with Crippen LogP contribution in [0.1, 0.15) is 77.6 Å². The van der Waals surface area contributed by atoms with Crippen molar-refractivity contribution in [2.45, 2.75) is 58.7 Å². The van der Waals surface area contributed by atoms with E-state index >= 15 is 0 Å². The highest BCUT2D eigenvalue weighted by Crippen LogP contribution is 2.27. The summed E-state index contributed by atoms with van der Waals surface area (Å²) in [5, 5.41) is 12.5. The van der Waals surface area contributed by atoms with Crippen molar-refractivity contribution in [2.75, 3.05) is 14.2 Å². The van der Waals surface area contributed by atoms with Gasteiger partial charge >= 0.3 is 11.9 Å². The van der Waals surface area contributed by atoms with E-state index in [9.17, 15) is 14.7 Å². The molecule has 0 radical (unpaired) electrons. The Hall–Kier alpha value is -2.64. The molecule has 174 valence electrons. The van der Waals surface area contributed by atoms with Crippen molar-refractivity contribution in [1.29, 1.82) is 0 Å². The number of esters is 2. The monoisotopic (exact) mass is 460 g/mol. The van der Waals surface area contributed by atoms with Gasteiger partial charge in [0.15, 0.2) is 0 Å². The number of benzene rings is 1. The summed E-state index contributed by atoms with van der Waals surface area (Å²) in [6, 6.07) is 6.68. The van der Waals surface area contributed by atoms with Crippen LogP contribution < -0.4 is 4.74 Å². The van der Waals surface area contributed by atoms with Crippen molar-refractivity contribution < 1.29 is 28.9 Å². The first-order valence-corrected chi connectivity index (χ1v) is 11.5. The first-order valence-electron chi connectivity index (χ1n) is 10.7. The van der Waals surface area contributed by atoms with Crippen molar-refractivity contribution in [1.82, 2.24) is 0 Å². The Morgan fingerprint density at radius 1 is 1.06 bits per heavy atom. The van der Waals surface area contributed by atoms with Crippen LogP contribution in [-0.4, -0.2) is 36.9 Å². The van der Waals surface area contributed by atoms with E-state index in [-0.39, 0.29) is 11.1 Å². The lowest BCUT2D eigenvalue weighted by Gasteiger charge is -2.24. The van der Waals surface area contributed by atoms with Crippen molar-refractivity contribution in [3.63, 3.8) is 0 Å². The van der Waals surface area contributed by atoms with Crippen molar-refractivity contribution in [2.24, 2.45) is 0 Å². The van der Waals surface area contributed by atoms with Crippen molar-refractivity contribution in [3.8, 4) is 5.75 Å². The zero-order valence-corrected chi connectivity index (χ0v) is 20.2. The van der Waals surface area contributed by atoms with Crippen LogP contribution in [0, 0.1) is 0 Å². The normalized spacial score (nSPS) is 11.9. The highest BCUT2D eigenvalue weighted by Gasteiger charge is 2.21. The molecule has 0 aliphatic heterocycles. The van der Waals surface area contributed by atoms with Gasteiger partial charge in [-0.1, -0.05) is 19.9 Å². The van der Waals surface area contributed by atoms with Crippen molar-refractivity contribution in [3.05, 3.63) is 57.3 Å². The van der Waals surface area contributed by atoms with Crippen LogP contribution in [0.3, 0.4) is 0 Å². The van der Waals surface area contributed by atoms with E-state index in [1.165, 1.54) is 31.9 Å². The Labute approximate surface area is 193 Å². The van der Waals surface area contributed by atoms with Crippen LogP contribution in [-0.2, 0) is 16.1 Å². The second-order valence-corrected chi connectivity index (χ2v) is 8.57. The standard InChI is InChI=1S/C25H32O6S/c1-6-25(28,7-2)12-8-9-17(3)22-13-18(16-32-22)15-31-19-10-11-20(23(26)29-4)21(14-19)24(27)30-5/h9-11,13-14,16,28H,6-8,12,15H2,1-5H3. The second-order valence-electron chi connectivity index (χ2n) is 7.66. The lowest BCUT2D eigenvalue weighted by atomic mass is 9.91. The minimum atomic E-state index is -0.632. The fraction of sp³-hybridized carbons (Fsp3) is 0.440. The molecule has 0 saturated heterocycles. The lowest BCUT2D eigenvalue weighted by molar-refractivity contribution is 0.0246. The van der Waals surface area contributed by atoms with Crippen LogP contribution in [0.25, 0.3) is 5.57 Å². The Bertz CT molecular complexity index is 955. The third kappa shape index (κ3) is 6.68. The highest BCUT2D eigenvalue weighted by molar-refractivity contribution is 7.11. The van der Waals surface area contributed by atoms with E-state index in [1.54, 1.807) is 17.4 Å². The van der Waals surface area contributed by atoms with Gasteiger partial charge in [0.1, 0.15) is 12.4 Å². The summed E-state index contributed by atoms with van der Waals surface area (Å²) < 4.78 is 15.3. The Morgan fingerprint density at radius 2 is 1.72 bits per heavy atom. The van der Waals surface area contributed by atoms with Gasteiger partial charge < -0.3 is 19.3 Å². The minimum absolute atomic E-state index is 0.0979. The third-order valence-electron chi connectivity index (χ3n) is 5.63. The van der Waals surface area contributed by atoms with Gasteiger partial charge in [-0.2, -0.15) is 0 Å². The van der Waals surface area contributed by atoms with E-state index in [0.29, 0.717) is 12.4 Å². The van der Waals surface area contributed by atoms with Gasteiger partial charge in [-0.3, -0.25) is 0 Å². The van der Waals surface area contributed by atoms with Crippen LogP contribution >= 0.6 is 11.3 Å². The molecule has 0 amide bonds. The molecule has 0 bridgehead atoms. The number of ether oxygens (including phenoxy) is 3. The summed E-state index contributed by atoms with van der Waals surface area (Å²) >= 11 is 1.64. The Balaban J connectivity index is 2.04. The van der Waals surface area contributed by atoms with Gasteiger partial charge in [-0.05, 0) is 67.8 Å². The summed E-state index contributed by atoms with van der Waals surface area (Å²) in [5.41, 5.74) is 1.82. The van der Waals surface area contributed by atoms with E-state index in [4.69, 9.17) is 14.2 Å². The Kier molecular flexibility index (Phi) is 9.47. The molecular weight excluding hydrogens is 428 g/mol. The van der Waals surface area contributed by atoms with Gasteiger partial charge in [-0.15, -0.1) is 11.3 Å². The largest absolute Gasteiger partial charge is 0.489 e. The van der Waals surface area contributed by atoms with Gasteiger partial charge in [0.05, 0.1) is 30.9 Å². The molecule has 2 aromatic rings. The molecule has 0 atom stereocenters. The number of carbonyl (C=O) groups excluding carboxylic acids is 2. The quantitative estimate of drug-likeness (QED) is 0.437. The molecule has 6 nitrogen and oxygen atoms in total. The van der Waals surface area contributed by atoms with Crippen LogP contribution in [0.15, 0.2) is 35.7 Å². The zero-order valence-electron chi connectivity index (χ0n) is 19.4. The second kappa shape index (κ2) is 11.8. The molecule has 0 aliphatic carbocycles. The van der Waals surface area contributed by atoms with Gasteiger partial charge in [0, 0.05) is 10.4 Å². The minimum Gasteiger partial charge on any atom is -0.489 e. The SMILES string of the molecule is CCC(O)(CC)CCC=C(C)c1cc(COc2ccc(C(=O)OC)c(C(=O)OC)c2)cs1. The molecule has 1 N–H and O–H groups in total. The molecule has 0 unspecified atom stereocenters. The van der Waals surface area contributed by atoms with Crippen molar-refractivity contribution >= 4 is 28.8 Å². The molecule has 32 heavy (non-hydrogen) atoms. The number of hydrogen-bond donors (Lipinski definition) is 1. The third-order valence-corrected chi connectivity index (χ3v) is 6.74. The van der Waals surface area contributed by atoms with Gasteiger partial charge in [0.25, 0.3) is 0 Å². The average molecular weight is 461 g/mol. The summed E-state index contributed by atoms with van der Waals surface area (Å²) in [5.74, 6) is -0.790. The Morgan fingerprint density at radius 3 is 2.34 bits per heavy atom. The smallest absolute Gasteiger partial charge is 0.338 e. The molecule has 1 heterocycles. The summed E-state index contributed by atoms with van der Waals surface area (Å²) in [6.07, 6.45) is 5.27. The van der Waals surface area contributed by atoms with Gasteiger partial charge in [0.2, 0.25) is 0 Å². The first-order chi connectivity index (χ1) is 15.3. The predicted molar refractivity (Wildman–Crippen MR) is 126 cm³/mol. The first kappa shape index (κ1) is 25.6. The number of thiophene rings is 1. The molecule has 0 aliphatic rings. The molecule has 0 saturated carbocycles. The van der Waals surface area contributed by atoms with Gasteiger partial charge in [-0.25, -0.2) is 9.59 Å². The molecule has 0 fully saturated rings. The summed E-state index contributed by atoms with van der Waals surface area (Å²) in [4.78, 5) is 25.1. The summed E-state index contributed by atoms with van der Waals surface area (Å²) in [6.45, 7) is 6.43. The maximum absolute atomic E-state index is 12.0. The molecular formula is C25H32O6S. The predicted octanol–water partition coefficient (Wildman–Crippen LogP) is 5.63. The van der Waals surface area contributed by atoms with E-state index in [0.717, 1.165) is 36.1 Å². The molecule has 0 spiro atoms. The molecule has 7 heteroatoms. The number of allylic oxidation sites excluding steroid dienone is 2. The number of aliphatic hydroxyl groups is 1. The highest BCUT2D eigenvalue weighted by atomic mass is 32.1. The molecule has 1 aromatic heterocycles. The summed E-state index contributed by atoms with van der Waals surface area (Å²) in [7, 11) is 2.51. The average Bonchev–Trinajstić information content (AvgIpc) is 3.30. The fourth-order valence-corrected chi connectivity index (χ4v) is 4.17. The van der Waals surface area contributed by atoms with Crippen LogP contribution in [0.2, 0.25) is 0 Å². The lowest BCUT2D eigenvalue weighted by Crippen LogP contribution is -2.25. The maximum Gasteiger partial charge on any atom is 0.338 e. The molecule has 1 aromatic carbocycles. The topological polar surface area (TPSA) is 82.1 Å².